The molecule has 0 unspecified atom stereocenters. The second kappa shape index (κ2) is 9.89. The summed E-state index contributed by atoms with van der Waals surface area (Å²) in [5, 5.41) is 0.773. The van der Waals surface area contributed by atoms with Crippen LogP contribution in [0.2, 0.25) is 0 Å². The van der Waals surface area contributed by atoms with Gasteiger partial charge >= 0.3 is 0 Å². The van der Waals surface area contributed by atoms with Gasteiger partial charge in [0.1, 0.15) is 12.2 Å². The number of amides is 2. The molecule has 0 spiro atoms. The number of ether oxygens (including phenoxy) is 1. The maximum absolute atomic E-state index is 12.7. The highest BCUT2D eigenvalue weighted by molar-refractivity contribution is 5.94. The number of nitrogens with zero attached hydrogens (tertiary/aromatic N) is 6. The molecule has 1 atom stereocenters. The van der Waals surface area contributed by atoms with Crippen LogP contribution in [0.15, 0.2) is 36.8 Å². The van der Waals surface area contributed by atoms with Crippen molar-refractivity contribution in [2.75, 3.05) is 32.8 Å². The van der Waals surface area contributed by atoms with Crippen LogP contribution in [-0.4, -0.2) is 74.3 Å². The van der Waals surface area contributed by atoms with Crippen molar-refractivity contribution in [3.8, 4) is 5.88 Å². The van der Waals surface area contributed by atoms with Crippen molar-refractivity contribution >= 4 is 22.7 Å². The number of carbonyl (C=O) groups is 2. The lowest BCUT2D eigenvalue weighted by Gasteiger charge is -2.20. The number of aromatic nitrogens is 4. The summed E-state index contributed by atoms with van der Waals surface area (Å²) >= 11 is 0. The molecule has 1 aliphatic rings. The highest BCUT2D eigenvalue weighted by Gasteiger charge is 2.30. The molecule has 0 bridgehead atoms. The first-order chi connectivity index (χ1) is 16.0. The molecule has 1 saturated heterocycles. The molecule has 2 amide bonds. The molecule has 1 aromatic carbocycles. The first-order valence-corrected chi connectivity index (χ1v) is 11.2. The molecule has 0 radical (unpaired) electrons. The minimum absolute atomic E-state index is 0.0325. The average molecular weight is 449 g/mol. The summed E-state index contributed by atoms with van der Waals surface area (Å²) in [6.07, 6.45) is 3.82. The summed E-state index contributed by atoms with van der Waals surface area (Å²) in [5.74, 6) is 0.941. The number of benzene rings is 1. The first-order valence-electron chi connectivity index (χ1n) is 11.2. The van der Waals surface area contributed by atoms with Gasteiger partial charge in [0.25, 0.3) is 11.8 Å². The number of fused-ring (bicyclic) bond motifs is 1. The van der Waals surface area contributed by atoms with Gasteiger partial charge in [-0.3, -0.25) is 9.59 Å². The Morgan fingerprint density at radius 3 is 2.70 bits per heavy atom. The zero-order valence-electron chi connectivity index (χ0n) is 19.2. The molecule has 33 heavy (non-hydrogen) atoms. The van der Waals surface area contributed by atoms with E-state index < -0.39 is 0 Å². The molecule has 1 aliphatic heterocycles. The van der Waals surface area contributed by atoms with Gasteiger partial charge in [0.05, 0.1) is 22.2 Å². The van der Waals surface area contributed by atoms with E-state index in [1.807, 2.05) is 45.0 Å². The van der Waals surface area contributed by atoms with E-state index in [-0.39, 0.29) is 24.3 Å². The van der Waals surface area contributed by atoms with Crippen LogP contribution in [0.4, 0.5) is 0 Å². The third-order valence-electron chi connectivity index (χ3n) is 6.02. The number of hydrogen-bond donors (Lipinski definition) is 0. The smallest absolute Gasteiger partial charge is 0.260 e. The Morgan fingerprint density at radius 1 is 1.15 bits per heavy atom. The molecule has 9 heteroatoms. The van der Waals surface area contributed by atoms with Crippen molar-refractivity contribution in [3.05, 3.63) is 53.9 Å². The van der Waals surface area contributed by atoms with Gasteiger partial charge in [-0.25, -0.2) is 19.9 Å². The minimum atomic E-state index is -0.106. The van der Waals surface area contributed by atoms with E-state index >= 15 is 0 Å². The number of likely N-dealkylation sites (tertiary alicyclic amines) is 1. The normalized spacial score (nSPS) is 15.6. The van der Waals surface area contributed by atoms with Crippen LogP contribution in [-0.2, 0) is 4.79 Å². The van der Waals surface area contributed by atoms with E-state index in [0.29, 0.717) is 49.1 Å². The Kier molecular flexibility index (Phi) is 6.76. The van der Waals surface area contributed by atoms with Gasteiger partial charge in [-0.05, 0) is 39.3 Å². The first kappa shape index (κ1) is 22.6. The summed E-state index contributed by atoms with van der Waals surface area (Å²) in [6.45, 7) is 8.06. The van der Waals surface area contributed by atoms with Crippen molar-refractivity contribution in [1.82, 2.24) is 29.7 Å². The van der Waals surface area contributed by atoms with Crippen LogP contribution in [0.3, 0.4) is 0 Å². The van der Waals surface area contributed by atoms with E-state index in [9.17, 15) is 9.59 Å². The van der Waals surface area contributed by atoms with Gasteiger partial charge in [-0.2, -0.15) is 0 Å². The van der Waals surface area contributed by atoms with Crippen molar-refractivity contribution in [3.63, 3.8) is 0 Å². The monoisotopic (exact) mass is 448 g/mol. The molecule has 0 aliphatic carbocycles. The van der Waals surface area contributed by atoms with Crippen LogP contribution in [0, 0.1) is 6.92 Å². The molecule has 3 aromatic rings. The van der Waals surface area contributed by atoms with E-state index in [0.717, 1.165) is 17.3 Å². The SMILES string of the molecule is CCN(CC)C(=O)c1cnc([C@H]2CCN(C(=O)COc3ncnc4ccccc34)C2)nc1C. The van der Waals surface area contributed by atoms with Gasteiger partial charge in [0.15, 0.2) is 6.61 Å². The van der Waals surface area contributed by atoms with Gasteiger partial charge in [0, 0.05) is 38.3 Å². The van der Waals surface area contributed by atoms with Crippen molar-refractivity contribution in [1.29, 1.82) is 0 Å². The molecular formula is C24H28N6O3. The Balaban J connectivity index is 1.38. The Labute approximate surface area is 192 Å². The zero-order valence-corrected chi connectivity index (χ0v) is 19.2. The quantitative estimate of drug-likeness (QED) is 0.547. The molecule has 0 saturated carbocycles. The number of carbonyl (C=O) groups excluding carboxylic acids is 2. The van der Waals surface area contributed by atoms with Crippen LogP contribution < -0.4 is 4.74 Å². The highest BCUT2D eigenvalue weighted by atomic mass is 16.5. The number of para-hydroxylation sites is 1. The van der Waals surface area contributed by atoms with Crippen LogP contribution in [0.25, 0.3) is 10.9 Å². The maximum atomic E-state index is 12.7. The summed E-state index contributed by atoms with van der Waals surface area (Å²) < 4.78 is 5.72. The lowest BCUT2D eigenvalue weighted by molar-refractivity contribution is -0.132. The lowest BCUT2D eigenvalue weighted by Crippen LogP contribution is -2.33. The number of rotatable bonds is 7. The third-order valence-corrected chi connectivity index (χ3v) is 6.02. The summed E-state index contributed by atoms with van der Waals surface area (Å²) in [7, 11) is 0. The van der Waals surface area contributed by atoms with E-state index in [2.05, 4.69) is 19.9 Å². The number of hydrogen-bond acceptors (Lipinski definition) is 7. The lowest BCUT2D eigenvalue weighted by atomic mass is 10.1. The largest absolute Gasteiger partial charge is 0.467 e. The summed E-state index contributed by atoms with van der Waals surface area (Å²) in [4.78, 5) is 46.4. The van der Waals surface area contributed by atoms with Crippen molar-refractivity contribution < 1.29 is 14.3 Å². The zero-order chi connectivity index (χ0) is 23.4. The van der Waals surface area contributed by atoms with Gasteiger partial charge < -0.3 is 14.5 Å². The molecule has 1 fully saturated rings. The van der Waals surface area contributed by atoms with E-state index in [4.69, 9.17) is 4.74 Å². The van der Waals surface area contributed by atoms with E-state index in [1.54, 1.807) is 16.0 Å². The third kappa shape index (κ3) is 4.76. The second-order valence-electron chi connectivity index (χ2n) is 8.01. The van der Waals surface area contributed by atoms with Gasteiger partial charge in [-0.1, -0.05) is 12.1 Å². The molecule has 3 heterocycles. The van der Waals surface area contributed by atoms with Crippen LogP contribution >= 0.6 is 0 Å². The minimum Gasteiger partial charge on any atom is -0.467 e. The second-order valence-corrected chi connectivity index (χ2v) is 8.01. The van der Waals surface area contributed by atoms with Crippen LogP contribution in [0.5, 0.6) is 5.88 Å². The van der Waals surface area contributed by atoms with Crippen LogP contribution in [0.1, 0.15) is 48.1 Å². The molecule has 9 nitrogen and oxygen atoms in total. The maximum Gasteiger partial charge on any atom is 0.260 e. The molecule has 0 N–H and O–H groups in total. The van der Waals surface area contributed by atoms with Crippen molar-refractivity contribution in [2.45, 2.75) is 33.1 Å². The number of aryl methyl sites for hydroxylation is 1. The Hall–Kier alpha value is -3.62. The molecule has 172 valence electrons. The fourth-order valence-electron chi connectivity index (χ4n) is 4.09. The summed E-state index contributed by atoms with van der Waals surface area (Å²) in [5.41, 5.74) is 1.96. The van der Waals surface area contributed by atoms with Crippen molar-refractivity contribution in [2.24, 2.45) is 0 Å². The highest BCUT2D eigenvalue weighted by Crippen LogP contribution is 2.26. The Bertz CT molecular complexity index is 1160. The topological polar surface area (TPSA) is 101 Å². The average Bonchev–Trinajstić information content (AvgIpc) is 3.33. The van der Waals surface area contributed by atoms with E-state index in [1.165, 1.54) is 6.33 Å². The molecule has 4 rings (SSSR count). The van der Waals surface area contributed by atoms with Gasteiger partial charge in [-0.15, -0.1) is 0 Å². The molecular weight excluding hydrogens is 420 g/mol. The summed E-state index contributed by atoms with van der Waals surface area (Å²) in [6, 6.07) is 7.52. The fourth-order valence-corrected chi connectivity index (χ4v) is 4.09. The van der Waals surface area contributed by atoms with Gasteiger partial charge in [0.2, 0.25) is 5.88 Å². The Morgan fingerprint density at radius 2 is 1.94 bits per heavy atom. The predicted molar refractivity (Wildman–Crippen MR) is 123 cm³/mol. The predicted octanol–water partition coefficient (Wildman–Crippen LogP) is 2.61. The fraction of sp³-hybridized carbons (Fsp3) is 0.417. The molecule has 2 aromatic heterocycles. The standard InChI is InChI=1S/C24H28N6O3/c1-4-29(5-2)24(32)19-12-25-22(28-16(19)3)17-10-11-30(13-17)21(31)14-33-23-18-8-6-7-9-20(18)26-15-27-23/h6-9,12,15,17H,4-5,10-11,13-14H2,1-3H3/t17-/m0/s1.